The molecule has 3 aliphatic heterocycles. The van der Waals surface area contributed by atoms with Gasteiger partial charge in [0.1, 0.15) is 0 Å². The molecule has 5 rings (SSSR count). The lowest BCUT2D eigenvalue weighted by Gasteiger charge is -2.35. The molecule has 2 fully saturated rings. The smallest absolute Gasteiger partial charge is 0.240 e. The molecule has 5 nitrogen and oxygen atoms in total. The highest BCUT2D eigenvalue weighted by Crippen LogP contribution is 2.53. The molecule has 2 aromatic rings. The fourth-order valence-corrected chi connectivity index (χ4v) is 5.32. The molecule has 146 valence electrons. The lowest BCUT2D eigenvalue weighted by Crippen LogP contribution is -2.43. The van der Waals surface area contributed by atoms with Gasteiger partial charge < -0.3 is 4.90 Å². The summed E-state index contributed by atoms with van der Waals surface area (Å²) in [5.41, 5.74) is 4.60. The van der Waals surface area contributed by atoms with Crippen molar-refractivity contribution < 1.29 is 14.4 Å². The summed E-state index contributed by atoms with van der Waals surface area (Å²) in [5.74, 6) is -1.80. The Labute approximate surface area is 169 Å². The molecule has 0 saturated carbocycles. The minimum Gasteiger partial charge on any atom is -0.359 e. The molecule has 2 saturated heterocycles. The van der Waals surface area contributed by atoms with Gasteiger partial charge in [-0.3, -0.25) is 14.4 Å². The molecule has 29 heavy (non-hydrogen) atoms. The quantitative estimate of drug-likeness (QED) is 0.743. The zero-order chi connectivity index (χ0) is 20.4. The van der Waals surface area contributed by atoms with Gasteiger partial charge in [-0.05, 0) is 49.6 Å². The molecule has 0 unspecified atom stereocenters. The molecular formula is C24H22N2O3. The number of hydrogen-bond acceptors (Lipinski definition) is 4. The van der Waals surface area contributed by atoms with Gasteiger partial charge in [0, 0.05) is 6.20 Å². The SMILES string of the molecule is CC(=O)[C@H]1[C@H]2C(=O)N(c3ccc(C)cc3C)C(=O)[C@H]2[C@@H]2c3ccccc3C=CN12. The predicted molar refractivity (Wildman–Crippen MR) is 110 cm³/mol. The molecule has 3 aliphatic rings. The molecule has 0 radical (unpaired) electrons. The van der Waals surface area contributed by atoms with Crippen LogP contribution in [0, 0.1) is 25.7 Å². The van der Waals surface area contributed by atoms with E-state index in [1.165, 1.54) is 11.8 Å². The topological polar surface area (TPSA) is 57.7 Å². The van der Waals surface area contributed by atoms with Crippen LogP contribution in [0.3, 0.4) is 0 Å². The number of anilines is 1. The molecule has 0 aromatic heterocycles. The third-order valence-electron chi connectivity index (χ3n) is 6.47. The Balaban J connectivity index is 1.66. The van der Waals surface area contributed by atoms with Crippen LogP contribution in [0.2, 0.25) is 0 Å². The van der Waals surface area contributed by atoms with Crippen LogP contribution >= 0.6 is 0 Å². The van der Waals surface area contributed by atoms with Crippen LogP contribution in [0.4, 0.5) is 5.69 Å². The summed E-state index contributed by atoms with van der Waals surface area (Å²) in [5, 5.41) is 0. The van der Waals surface area contributed by atoms with Gasteiger partial charge in [0.05, 0.1) is 29.6 Å². The van der Waals surface area contributed by atoms with E-state index in [-0.39, 0.29) is 23.6 Å². The number of carbonyl (C=O) groups is 3. The van der Waals surface area contributed by atoms with Gasteiger partial charge in [-0.1, -0.05) is 42.0 Å². The van der Waals surface area contributed by atoms with Crippen molar-refractivity contribution in [1.82, 2.24) is 4.90 Å². The summed E-state index contributed by atoms with van der Waals surface area (Å²) in [6.45, 7) is 5.40. The summed E-state index contributed by atoms with van der Waals surface area (Å²) >= 11 is 0. The second kappa shape index (κ2) is 6.14. The van der Waals surface area contributed by atoms with E-state index in [9.17, 15) is 14.4 Å². The van der Waals surface area contributed by atoms with E-state index < -0.39 is 17.9 Å². The lowest BCUT2D eigenvalue weighted by molar-refractivity contribution is -0.129. The van der Waals surface area contributed by atoms with Gasteiger partial charge >= 0.3 is 0 Å². The molecule has 3 heterocycles. The maximum atomic E-state index is 13.6. The van der Waals surface area contributed by atoms with Crippen LogP contribution in [0.1, 0.15) is 35.2 Å². The minimum atomic E-state index is -0.665. The monoisotopic (exact) mass is 386 g/mol. The molecule has 2 amide bonds. The number of rotatable bonds is 2. The Morgan fingerprint density at radius 2 is 1.69 bits per heavy atom. The third kappa shape index (κ3) is 2.36. The molecule has 5 heteroatoms. The number of nitrogens with zero attached hydrogens (tertiary/aromatic N) is 2. The Morgan fingerprint density at radius 1 is 0.966 bits per heavy atom. The van der Waals surface area contributed by atoms with E-state index in [4.69, 9.17) is 0 Å². The van der Waals surface area contributed by atoms with Crippen LogP contribution in [0.15, 0.2) is 48.7 Å². The molecule has 2 aromatic carbocycles. The van der Waals surface area contributed by atoms with Crippen LogP contribution in [-0.2, 0) is 14.4 Å². The van der Waals surface area contributed by atoms with E-state index in [1.54, 1.807) is 0 Å². The summed E-state index contributed by atoms with van der Waals surface area (Å²) in [6, 6.07) is 12.7. The fraction of sp³-hybridized carbons (Fsp3) is 0.292. The highest BCUT2D eigenvalue weighted by atomic mass is 16.2. The molecule has 0 aliphatic carbocycles. The first-order chi connectivity index (χ1) is 13.9. The first kappa shape index (κ1) is 17.9. The number of ketones is 1. The summed E-state index contributed by atoms with van der Waals surface area (Å²) < 4.78 is 0. The van der Waals surface area contributed by atoms with Gasteiger partial charge in [-0.2, -0.15) is 0 Å². The standard InChI is InChI=1S/C24H22N2O3/c1-13-8-9-18(14(2)12-13)26-23(28)19-20(24(26)29)22-17-7-5-4-6-16(17)10-11-25(22)21(19)15(3)27/h4-12,19-22H,1-3H3/t19-,20+,21-,22-/m0/s1. The Morgan fingerprint density at radius 3 is 2.41 bits per heavy atom. The number of benzene rings is 2. The average molecular weight is 386 g/mol. The van der Waals surface area contributed by atoms with Gasteiger partial charge in [0.15, 0.2) is 5.78 Å². The van der Waals surface area contributed by atoms with Crippen molar-refractivity contribution in [2.75, 3.05) is 4.90 Å². The average Bonchev–Trinajstić information content (AvgIpc) is 3.16. The van der Waals surface area contributed by atoms with E-state index in [0.29, 0.717) is 5.69 Å². The summed E-state index contributed by atoms with van der Waals surface area (Å²) in [7, 11) is 0. The fourth-order valence-electron chi connectivity index (χ4n) is 5.32. The van der Waals surface area contributed by atoms with Crippen molar-refractivity contribution in [2.24, 2.45) is 11.8 Å². The normalized spacial score (nSPS) is 27.1. The van der Waals surface area contributed by atoms with E-state index in [0.717, 1.165) is 22.3 Å². The van der Waals surface area contributed by atoms with E-state index in [1.807, 2.05) is 73.5 Å². The zero-order valence-electron chi connectivity index (χ0n) is 16.6. The second-order valence-electron chi connectivity index (χ2n) is 8.25. The van der Waals surface area contributed by atoms with Crippen molar-refractivity contribution in [1.29, 1.82) is 0 Å². The third-order valence-corrected chi connectivity index (χ3v) is 6.47. The Hall–Kier alpha value is -3.21. The van der Waals surface area contributed by atoms with Crippen molar-refractivity contribution >= 4 is 29.4 Å². The largest absolute Gasteiger partial charge is 0.359 e. The predicted octanol–water partition coefficient (Wildman–Crippen LogP) is 3.41. The highest BCUT2D eigenvalue weighted by Gasteiger charge is 2.64. The summed E-state index contributed by atoms with van der Waals surface area (Å²) in [4.78, 5) is 43.0. The van der Waals surface area contributed by atoms with Crippen molar-refractivity contribution in [3.63, 3.8) is 0 Å². The maximum absolute atomic E-state index is 13.6. The van der Waals surface area contributed by atoms with Gasteiger partial charge in [-0.25, -0.2) is 4.90 Å². The lowest BCUT2D eigenvalue weighted by atomic mass is 9.84. The number of Topliss-reactive ketones (excluding diaryl/α,β-unsaturated/α-hetero) is 1. The van der Waals surface area contributed by atoms with Crippen LogP contribution in [0.25, 0.3) is 6.08 Å². The molecule has 0 N–H and O–H groups in total. The first-order valence-corrected chi connectivity index (χ1v) is 9.90. The van der Waals surface area contributed by atoms with E-state index >= 15 is 0 Å². The zero-order valence-corrected chi connectivity index (χ0v) is 16.6. The van der Waals surface area contributed by atoms with Crippen LogP contribution in [0.5, 0.6) is 0 Å². The molecule has 4 atom stereocenters. The Bertz CT molecular complexity index is 1100. The van der Waals surface area contributed by atoms with Crippen LogP contribution < -0.4 is 4.90 Å². The molecule has 0 bridgehead atoms. The van der Waals surface area contributed by atoms with Gasteiger partial charge in [-0.15, -0.1) is 0 Å². The maximum Gasteiger partial charge on any atom is 0.240 e. The van der Waals surface area contributed by atoms with Crippen molar-refractivity contribution in [3.05, 3.63) is 70.9 Å². The van der Waals surface area contributed by atoms with E-state index in [2.05, 4.69) is 0 Å². The molecule has 0 spiro atoms. The molecular weight excluding hydrogens is 364 g/mol. The second-order valence-corrected chi connectivity index (χ2v) is 8.25. The first-order valence-electron chi connectivity index (χ1n) is 9.90. The number of hydrogen-bond donors (Lipinski definition) is 0. The van der Waals surface area contributed by atoms with Crippen LogP contribution in [-0.4, -0.2) is 28.5 Å². The number of imide groups is 1. The van der Waals surface area contributed by atoms with Gasteiger partial charge in [0.2, 0.25) is 11.8 Å². The summed E-state index contributed by atoms with van der Waals surface area (Å²) in [6.07, 6.45) is 3.83. The van der Waals surface area contributed by atoms with Crippen molar-refractivity contribution in [3.8, 4) is 0 Å². The number of aryl methyl sites for hydroxylation is 2. The minimum absolute atomic E-state index is 0.0878. The Kier molecular flexibility index (Phi) is 3.78. The number of carbonyl (C=O) groups excluding carboxylic acids is 3. The van der Waals surface area contributed by atoms with Gasteiger partial charge in [0.25, 0.3) is 0 Å². The number of fused-ring (bicyclic) bond motifs is 5. The van der Waals surface area contributed by atoms with Crippen molar-refractivity contribution in [2.45, 2.75) is 32.9 Å². The highest BCUT2D eigenvalue weighted by molar-refractivity contribution is 6.24. The number of amides is 2.